The van der Waals surface area contributed by atoms with E-state index >= 15 is 0 Å². The van der Waals surface area contributed by atoms with Gasteiger partial charge < -0.3 is 40.5 Å². The number of rotatable bonds is 28. The largest absolute Gasteiger partial charge is 0.506 e. The van der Waals surface area contributed by atoms with Crippen LogP contribution in [0.3, 0.4) is 0 Å². The van der Waals surface area contributed by atoms with Gasteiger partial charge in [-0.1, -0.05) is 129 Å². The van der Waals surface area contributed by atoms with Gasteiger partial charge in [-0.05, 0) is 25.9 Å². The lowest BCUT2D eigenvalue weighted by atomic mass is 9.94. The molecule has 2 aliphatic heterocycles. The van der Waals surface area contributed by atoms with E-state index in [0.29, 0.717) is 13.1 Å². The lowest BCUT2D eigenvalue weighted by molar-refractivity contribution is -0.0513. The third-order valence-corrected chi connectivity index (χ3v) is 10.9. The number of ether oxygens (including phenoxy) is 1. The molecule has 2 heterocycles. The van der Waals surface area contributed by atoms with Crippen LogP contribution in [0.2, 0.25) is 0 Å². The van der Waals surface area contributed by atoms with Crippen molar-refractivity contribution in [2.45, 2.75) is 203 Å². The van der Waals surface area contributed by atoms with Crippen molar-refractivity contribution in [2.24, 2.45) is 0 Å². The van der Waals surface area contributed by atoms with Gasteiger partial charge in [0, 0.05) is 12.5 Å². The van der Waals surface area contributed by atoms with Gasteiger partial charge in [-0.3, -0.25) is 9.80 Å². The molecule has 284 valence electrons. The zero-order chi connectivity index (χ0) is 35.3. The predicted molar refractivity (Wildman–Crippen MR) is 188 cm³/mol. The second-order valence-corrected chi connectivity index (χ2v) is 14.5. The van der Waals surface area contributed by atoms with E-state index in [9.17, 15) is 40.5 Å². The van der Waals surface area contributed by atoms with Crippen molar-refractivity contribution >= 4 is 6.16 Å². The average Bonchev–Trinajstić information content (AvgIpc) is 3.44. The van der Waals surface area contributed by atoms with E-state index in [1.807, 2.05) is 4.90 Å². The summed E-state index contributed by atoms with van der Waals surface area (Å²) in [6.45, 7) is 4.61. The average molecular weight is 689 g/mol. The van der Waals surface area contributed by atoms with Crippen LogP contribution in [0.25, 0.3) is 0 Å². The van der Waals surface area contributed by atoms with Gasteiger partial charge >= 0.3 is 6.16 Å². The summed E-state index contributed by atoms with van der Waals surface area (Å²) in [5.41, 5.74) is 0. The zero-order valence-electron chi connectivity index (χ0n) is 30.2. The smallest absolute Gasteiger partial charge is 0.450 e. The molecule has 0 spiro atoms. The van der Waals surface area contributed by atoms with Crippen molar-refractivity contribution in [3.05, 3.63) is 0 Å². The van der Waals surface area contributed by atoms with E-state index in [1.54, 1.807) is 4.90 Å². The number of hydrogen-bond acceptors (Lipinski definition) is 10. The Balaban J connectivity index is 2.03. The van der Waals surface area contributed by atoms with Gasteiger partial charge in [-0.25, -0.2) is 4.79 Å². The van der Waals surface area contributed by atoms with Gasteiger partial charge in [-0.2, -0.15) is 0 Å². The van der Waals surface area contributed by atoms with Crippen LogP contribution in [0.1, 0.15) is 149 Å². The Kier molecular flexibility index (Phi) is 22.4. The van der Waals surface area contributed by atoms with Crippen molar-refractivity contribution in [3.8, 4) is 0 Å². The summed E-state index contributed by atoms with van der Waals surface area (Å²) in [6, 6.07) is -3.16. The maximum atomic E-state index is 11.9. The maximum Gasteiger partial charge on any atom is 0.506 e. The molecule has 2 saturated heterocycles. The third kappa shape index (κ3) is 13.9. The molecule has 0 aliphatic carbocycles. The van der Waals surface area contributed by atoms with Crippen molar-refractivity contribution in [2.75, 3.05) is 26.3 Å². The predicted octanol–water partition coefficient (Wildman–Crippen LogP) is 4.82. The molecule has 2 rings (SSSR count). The number of unbranched alkanes of at least 4 members (excludes halogenated alkanes) is 18. The number of aliphatic hydroxyl groups is 6. The van der Waals surface area contributed by atoms with Gasteiger partial charge in [-0.15, -0.1) is 0 Å². The molecule has 11 heteroatoms. The lowest BCUT2D eigenvalue weighted by Crippen LogP contribution is -2.52. The molecule has 0 radical (unpaired) electrons. The fourth-order valence-electron chi connectivity index (χ4n) is 8.11. The highest BCUT2D eigenvalue weighted by Gasteiger charge is 2.54. The molecular formula is C37H72N2O9. The minimum Gasteiger partial charge on any atom is -0.450 e. The minimum atomic E-state index is -1.54. The van der Waals surface area contributed by atoms with Gasteiger partial charge in [0.25, 0.3) is 0 Å². The summed E-state index contributed by atoms with van der Waals surface area (Å²) in [4.78, 5) is 15.6. The number of carboxylic acid groups (broad SMARTS) is 1. The fraction of sp³-hybridized carbons (Fsp3) is 0.973. The van der Waals surface area contributed by atoms with E-state index in [-0.39, 0.29) is 13.0 Å². The van der Waals surface area contributed by atoms with E-state index < -0.39 is 67.4 Å². The molecule has 0 bridgehead atoms. The summed E-state index contributed by atoms with van der Waals surface area (Å²) < 4.78 is 5.38. The van der Waals surface area contributed by atoms with Gasteiger partial charge in [0.05, 0.1) is 49.7 Å². The molecule has 0 aromatic carbocycles. The third-order valence-electron chi connectivity index (χ3n) is 10.9. The van der Waals surface area contributed by atoms with Gasteiger partial charge in [0.1, 0.15) is 12.2 Å². The maximum absolute atomic E-state index is 11.9. The standard InChI is InChI=1S/C37H72N2O9/c1-3-5-7-9-11-13-15-17-19-21-23-38-28(33(42)34(43)29(38)26-40)25-31(48-37(46)47)32-36(45)35(44)30(27-41)39(32)24-22-20-18-16-14-12-10-8-6-4-2/h28-36,40-45H,3-27H2,1-2H3,(H,46,47)/t28-,29-,30-,31?,32+,33+,34+,35+,36+/m1/s1. The highest BCUT2D eigenvalue weighted by atomic mass is 16.7. The van der Waals surface area contributed by atoms with E-state index in [1.165, 1.54) is 77.0 Å². The Morgan fingerprint density at radius 2 is 0.896 bits per heavy atom. The normalized spacial score (nSPS) is 28.8. The monoisotopic (exact) mass is 689 g/mol. The van der Waals surface area contributed by atoms with Crippen LogP contribution in [0, 0.1) is 0 Å². The van der Waals surface area contributed by atoms with E-state index in [4.69, 9.17) is 4.74 Å². The van der Waals surface area contributed by atoms with Crippen molar-refractivity contribution in [3.63, 3.8) is 0 Å². The summed E-state index contributed by atoms with van der Waals surface area (Å²) in [6.07, 6.45) is 15.1. The van der Waals surface area contributed by atoms with Crippen LogP contribution in [0.4, 0.5) is 4.79 Å². The molecule has 0 aromatic heterocycles. The van der Waals surface area contributed by atoms with Crippen molar-refractivity contribution in [1.29, 1.82) is 0 Å². The van der Waals surface area contributed by atoms with Crippen LogP contribution in [-0.2, 0) is 4.74 Å². The molecule has 2 fully saturated rings. The van der Waals surface area contributed by atoms with Crippen molar-refractivity contribution < 1.29 is 45.3 Å². The molecule has 1 unspecified atom stereocenters. The second kappa shape index (κ2) is 25.0. The number of likely N-dealkylation sites (tertiary alicyclic amines) is 2. The first-order chi connectivity index (χ1) is 23.2. The molecule has 0 aromatic rings. The van der Waals surface area contributed by atoms with E-state index in [0.717, 1.165) is 51.4 Å². The first kappa shape index (κ1) is 43.1. The molecule has 9 atom stereocenters. The number of carbonyl (C=O) groups is 1. The van der Waals surface area contributed by atoms with Crippen LogP contribution >= 0.6 is 0 Å². The number of aliphatic hydroxyl groups excluding tert-OH is 6. The highest BCUT2D eigenvalue weighted by molar-refractivity contribution is 5.57. The Hall–Kier alpha value is -1.05. The summed E-state index contributed by atoms with van der Waals surface area (Å²) in [7, 11) is 0. The summed E-state index contributed by atoms with van der Waals surface area (Å²) >= 11 is 0. The Morgan fingerprint density at radius 1 is 0.542 bits per heavy atom. The SMILES string of the molecule is CCCCCCCCCCCCN1[C@H](CO)[C@H](O)[C@@H](O)[C@H]1CC(OC(=O)O)[C@H]1[C@H](O)[C@@H](O)[C@@H](CO)N1CCCCCCCCCCCC. The Bertz CT molecular complexity index is 824. The first-order valence-electron chi connectivity index (χ1n) is 19.6. The van der Waals surface area contributed by atoms with Crippen molar-refractivity contribution in [1.82, 2.24) is 9.80 Å². The van der Waals surface area contributed by atoms with Crippen LogP contribution in [0.5, 0.6) is 0 Å². The van der Waals surface area contributed by atoms with Gasteiger partial charge in [0.15, 0.2) is 0 Å². The number of nitrogens with zero attached hydrogens (tertiary/aromatic N) is 2. The molecular weight excluding hydrogens is 616 g/mol. The van der Waals surface area contributed by atoms with E-state index in [2.05, 4.69) is 13.8 Å². The quantitative estimate of drug-likeness (QED) is 0.0444. The Morgan fingerprint density at radius 3 is 1.31 bits per heavy atom. The summed E-state index contributed by atoms with van der Waals surface area (Å²) in [5, 5.41) is 74.2. The topological polar surface area (TPSA) is 174 Å². The molecule has 2 aliphatic rings. The molecule has 0 saturated carbocycles. The molecule has 0 amide bonds. The zero-order valence-corrected chi connectivity index (χ0v) is 30.2. The first-order valence-corrected chi connectivity index (χ1v) is 19.6. The molecule has 48 heavy (non-hydrogen) atoms. The fourth-order valence-corrected chi connectivity index (χ4v) is 8.11. The molecule has 11 nitrogen and oxygen atoms in total. The van der Waals surface area contributed by atoms with Crippen LogP contribution in [-0.4, -0.2) is 133 Å². The summed E-state index contributed by atoms with van der Waals surface area (Å²) in [5.74, 6) is 0. The second-order valence-electron chi connectivity index (χ2n) is 14.5. The molecule has 7 N–H and O–H groups in total. The number of hydrogen-bond donors (Lipinski definition) is 7. The van der Waals surface area contributed by atoms with Crippen LogP contribution in [0.15, 0.2) is 0 Å². The van der Waals surface area contributed by atoms with Gasteiger partial charge in [0.2, 0.25) is 0 Å². The highest BCUT2D eigenvalue weighted by Crippen LogP contribution is 2.35. The van der Waals surface area contributed by atoms with Crippen LogP contribution < -0.4 is 0 Å². The minimum absolute atomic E-state index is 0.0418. The lowest BCUT2D eigenvalue weighted by Gasteiger charge is -2.37. The Labute approximate surface area is 290 Å².